The molecule has 0 saturated carbocycles. The molecule has 4 N–H and O–H groups in total. The Kier molecular flexibility index (Phi) is 4.21. The third-order valence-corrected chi connectivity index (χ3v) is 2.15. The Bertz CT molecular complexity index is 377. The molecule has 2 aromatic rings. The third kappa shape index (κ3) is 2.99. The van der Waals surface area contributed by atoms with Gasteiger partial charge in [0.15, 0.2) is 0 Å². The fourth-order valence-electron chi connectivity index (χ4n) is 1.35. The van der Waals surface area contributed by atoms with E-state index in [0.717, 1.165) is 22.5 Å². The summed E-state index contributed by atoms with van der Waals surface area (Å²) in [7, 11) is 0. The van der Waals surface area contributed by atoms with Gasteiger partial charge in [0.25, 0.3) is 0 Å². The standard InChI is InChI=1S/C12H12N2.Na/c13-11-5-1-9(2-6-11)10-3-7-12(14)8-4-10;/h1-8H,13-14H2;. The molecule has 0 aliphatic rings. The normalized spacial score (nSPS) is 9.33. The predicted octanol–water partition coefficient (Wildman–Crippen LogP) is 2.14. The average molecular weight is 207 g/mol. The van der Waals surface area contributed by atoms with Crippen LogP contribution in [0.1, 0.15) is 0 Å². The minimum absolute atomic E-state index is 0. The molecular formula is C12H12N2Na. The third-order valence-electron chi connectivity index (χ3n) is 2.15. The van der Waals surface area contributed by atoms with E-state index in [1.54, 1.807) is 0 Å². The van der Waals surface area contributed by atoms with Crippen LogP contribution in [0.5, 0.6) is 0 Å². The summed E-state index contributed by atoms with van der Waals surface area (Å²) in [5.74, 6) is 0. The first-order valence-electron chi connectivity index (χ1n) is 4.47. The first-order valence-corrected chi connectivity index (χ1v) is 4.47. The molecule has 0 aliphatic heterocycles. The first-order chi connectivity index (χ1) is 6.75. The van der Waals surface area contributed by atoms with E-state index in [9.17, 15) is 0 Å². The van der Waals surface area contributed by atoms with E-state index >= 15 is 0 Å². The second kappa shape index (κ2) is 5.21. The fraction of sp³-hybridized carbons (Fsp3) is 0. The zero-order valence-corrected chi connectivity index (χ0v) is 10.8. The van der Waals surface area contributed by atoms with Crippen molar-refractivity contribution in [3.8, 4) is 11.1 Å². The number of nitrogen functional groups attached to an aromatic ring is 2. The molecule has 2 aromatic carbocycles. The molecule has 0 fully saturated rings. The van der Waals surface area contributed by atoms with Crippen molar-refractivity contribution in [2.75, 3.05) is 11.5 Å². The van der Waals surface area contributed by atoms with Gasteiger partial charge in [-0.1, -0.05) is 24.3 Å². The minimum Gasteiger partial charge on any atom is -0.399 e. The van der Waals surface area contributed by atoms with Crippen LogP contribution >= 0.6 is 0 Å². The Morgan fingerprint density at radius 2 is 0.800 bits per heavy atom. The molecule has 0 saturated heterocycles. The van der Waals surface area contributed by atoms with Crippen molar-refractivity contribution in [3.05, 3.63) is 48.5 Å². The van der Waals surface area contributed by atoms with Gasteiger partial charge in [-0.15, -0.1) is 0 Å². The zero-order valence-electron chi connectivity index (χ0n) is 8.77. The summed E-state index contributed by atoms with van der Waals surface area (Å²) >= 11 is 0. The van der Waals surface area contributed by atoms with Crippen LogP contribution in [0.25, 0.3) is 11.1 Å². The molecule has 0 aliphatic carbocycles. The molecule has 0 heterocycles. The van der Waals surface area contributed by atoms with E-state index in [1.807, 2.05) is 48.5 Å². The first kappa shape index (κ1) is 12.1. The summed E-state index contributed by atoms with van der Waals surface area (Å²) in [5, 5.41) is 0. The van der Waals surface area contributed by atoms with E-state index in [0.29, 0.717) is 0 Å². The Hall–Kier alpha value is -0.960. The zero-order chi connectivity index (χ0) is 9.97. The van der Waals surface area contributed by atoms with E-state index in [4.69, 9.17) is 11.5 Å². The van der Waals surface area contributed by atoms with Crippen LogP contribution in [-0.4, -0.2) is 29.6 Å². The molecule has 15 heavy (non-hydrogen) atoms. The quantitative estimate of drug-likeness (QED) is 0.556. The van der Waals surface area contributed by atoms with E-state index in [2.05, 4.69) is 0 Å². The van der Waals surface area contributed by atoms with Crippen LogP contribution in [0.3, 0.4) is 0 Å². The maximum atomic E-state index is 5.61. The Morgan fingerprint density at radius 1 is 0.533 bits per heavy atom. The van der Waals surface area contributed by atoms with Crippen molar-refractivity contribution in [2.24, 2.45) is 0 Å². The van der Waals surface area contributed by atoms with Crippen molar-refractivity contribution in [1.82, 2.24) is 0 Å². The summed E-state index contributed by atoms with van der Waals surface area (Å²) in [4.78, 5) is 0. The molecule has 0 unspecified atom stereocenters. The SMILES string of the molecule is Nc1ccc(-c2ccc(N)cc2)cc1.[Na]. The smallest absolute Gasteiger partial charge is 0.0314 e. The van der Waals surface area contributed by atoms with Crippen LogP contribution in [-0.2, 0) is 0 Å². The molecule has 2 nitrogen and oxygen atoms in total. The predicted molar refractivity (Wildman–Crippen MR) is 66.5 cm³/mol. The summed E-state index contributed by atoms with van der Waals surface area (Å²) in [5.41, 5.74) is 15.1. The van der Waals surface area contributed by atoms with Crippen molar-refractivity contribution in [2.45, 2.75) is 0 Å². The van der Waals surface area contributed by atoms with Crippen LogP contribution in [0, 0.1) is 0 Å². The molecule has 0 amide bonds. The van der Waals surface area contributed by atoms with Crippen molar-refractivity contribution in [3.63, 3.8) is 0 Å². The summed E-state index contributed by atoms with van der Waals surface area (Å²) < 4.78 is 0. The Balaban J connectivity index is 0.00000112. The van der Waals surface area contributed by atoms with Gasteiger partial charge < -0.3 is 11.5 Å². The van der Waals surface area contributed by atoms with E-state index in [-0.39, 0.29) is 29.6 Å². The molecule has 0 atom stereocenters. The van der Waals surface area contributed by atoms with Crippen LogP contribution in [0.2, 0.25) is 0 Å². The van der Waals surface area contributed by atoms with Gasteiger partial charge in [0, 0.05) is 40.9 Å². The van der Waals surface area contributed by atoms with Crippen molar-refractivity contribution >= 4 is 40.9 Å². The number of hydrogen-bond donors (Lipinski definition) is 2. The van der Waals surface area contributed by atoms with Gasteiger partial charge in [-0.25, -0.2) is 0 Å². The molecular weight excluding hydrogens is 195 g/mol. The monoisotopic (exact) mass is 207 g/mol. The van der Waals surface area contributed by atoms with Crippen molar-refractivity contribution in [1.29, 1.82) is 0 Å². The van der Waals surface area contributed by atoms with Crippen LogP contribution in [0.4, 0.5) is 11.4 Å². The Labute approximate surface area is 112 Å². The number of anilines is 2. The van der Waals surface area contributed by atoms with Gasteiger partial charge >= 0.3 is 0 Å². The summed E-state index contributed by atoms with van der Waals surface area (Å²) in [6.45, 7) is 0. The average Bonchev–Trinajstić information content (AvgIpc) is 2.21. The van der Waals surface area contributed by atoms with Gasteiger partial charge in [0.1, 0.15) is 0 Å². The van der Waals surface area contributed by atoms with Gasteiger partial charge in [-0.05, 0) is 35.4 Å². The molecule has 0 spiro atoms. The second-order valence-corrected chi connectivity index (χ2v) is 3.24. The molecule has 0 aromatic heterocycles. The summed E-state index contributed by atoms with van der Waals surface area (Å²) in [6, 6.07) is 15.6. The van der Waals surface area contributed by atoms with Gasteiger partial charge in [0.05, 0.1) is 0 Å². The maximum absolute atomic E-state index is 5.61. The molecule has 1 radical (unpaired) electrons. The molecule has 71 valence electrons. The van der Waals surface area contributed by atoms with Gasteiger partial charge in [-0.3, -0.25) is 0 Å². The minimum atomic E-state index is 0. The molecule has 2 rings (SSSR count). The molecule has 3 heteroatoms. The number of rotatable bonds is 1. The summed E-state index contributed by atoms with van der Waals surface area (Å²) in [6.07, 6.45) is 0. The van der Waals surface area contributed by atoms with Crippen LogP contribution in [0.15, 0.2) is 48.5 Å². The largest absolute Gasteiger partial charge is 0.399 e. The number of hydrogen-bond acceptors (Lipinski definition) is 2. The van der Waals surface area contributed by atoms with Gasteiger partial charge in [0.2, 0.25) is 0 Å². The maximum Gasteiger partial charge on any atom is 0.0314 e. The van der Waals surface area contributed by atoms with E-state index in [1.165, 1.54) is 0 Å². The van der Waals surface area contributed by atoms with Crippen LogP contribution < -0.4 is 11.5 Å². The fourth-order valence-corrected chi connectivity index (χ4v) is 1.35. The topological polar surface area (TPSA) is 52.0 Å². The molecule has 0 bridgehead atoms. The Morgan fingerprint density at radius 3 is 1.07 bits per heavy atom. The van der Waals surface area contributed by atoms with E-state index < -0.39 is 0 Å². The number of nitrogens with two attached hydrogens (primary N) is 2. The van der Waals surface area contributed by atoms with Gasteiger partial charge in [-0.2, -0.15) is 0 Å². The van der Waals surface area contributed by atoms with Crippen molar-refractivity contribution < 1.29 is 0 Å². The second-order valence-electron chi connectivity index (χ2n) is 3.24. The number of benzene rings is 2.